The minimum Gasteiger partial charge on any atom is -0.494 e. The van der Waals surface area contributed by atoms with E-state index in [1.807, 2.05) is 31.2 Å². The van der Waals surface area contributed by atoms with Gasteiger partial charge in [0.1, 0.15) is 5.75 Å². The van der Waals surface area contributed by atoms with Crippen LogP contribution in [-0.2, 0) is 4.79 Å². The van der Waals surface area contributed by atoms with Crippen molar-refractivity contribution in [3.63, 3.8) is 0 Å². The number of hydrazine groups is 1. The molecule has 2 N–H and O–H groups in total. The number of thioether (sulfide) groups is 1. The molecule has 8 heteroatoms. The molecule has 0 atom stereocenters. The third-order valence-corrected chi connectivity index (χ3v) is 3.94. The molecular formula is C12H13N3O2S3. The fourth-order valence-electron chi connectivity index (χ4n) is 1.52. The maximum atomic E-state index is 11.5. The summed E-state index contributed by atoms with van der Waals surface area (Å²) >= 11 is 11.5. The molecule has 0 unspecified atom stereocenters. The molecule has 0 spiro atoms. The molecular weight excluding hydrogens is 314 g/mol. The lowest BCUT2D eigenvalue weighted by Gasteiger charge is -2.18. The number of hydrogen-bond donors (Lipinski definition) is 2. The third kappa shape index (κ3) is 3.81. The number of benzene rings is 1. The van der Waals surface area contributed by atoms with Crippen LogP contribution < -0.4 is 15.5 Å². The highest BCUT2D eigenvalue weighted by atomic mass is 32.2. The molecule has 1 aliphatic heterocycles. The molecule has 5 nitrogen and oxygen atoms in total. The van der Waals surface area contributed by atoms with Crippen LogP contribution in [0.4, 0.5) is 5.69 Å². The fourth-order valence-corrected chi connectivity index (χ4v) is 2.71. The summed E-state index contributed by atoms with van der Waals surface area (Å²) in [4.78, 5) is 11.5. The van der Waals surface area contributed by atoms with Crippen molar-refractivity contribution in [1.82, 2.24) is 10.4 Å². The van der Waals surface area contributed by atoms with Crippen molar-refractivity contribution in [3.05, 3.63) is 24.3 Å². The Balaban J connectivity index is 1.91. The number of hydrogen-bond acceptors (Lipinski definition) is 5. The number of carbonyl (C=O) groups excluding carboxylic acids is 1. The van der Waals surface area contributed by atoms with Crippen molar-refractivity contribution < 1.29 is 9.53 Å². The smallest absolute Gasteiger partial charge is 0.257 e. The van der Waals surface area contributed by atoms with E-state index in [9.17, 15) is 4.79 Å². The van der Waals surface area contributed by atoms with Gasteiger partial charge < -0.3 is 10.1 Å². The maximum absolute atomic E-state index is 11.5. The fraction of sp³-hybridized carbons (Fsp3) is 0.250. The highest BCUT2D eigenvalue weighted by Crippen LogP contribution is 2.18. The highest BCUT2D eigenvalue weighted by Gasteiger charge is 2.27. The molecule has 2 rings (SSSR count). The van der Waals surface area contributed by atoms with Crippen LogP contribution in [0.2, 0.25) is 0 Å². The second-order valence-electron chi connectivity index (χ2n) is 3.81. The summed E-state index contributed by atoms with van der Waals surface area (Å²) in [5, 5.41) is 4.58. The Hall–Kier alpha value is -1.38. The minimum atomic E-state index is -0.101. The van der Waals surface area contributed by atoms with Crippen LogP contribution >= 0.6 is 36.2 Å². The lowest BCUT2D eigenvalue weighted by molar-refractivity contribution is -0.125. The summed E-state index contributed by atoms with van der Waals surface area (Å²) in [5.74, 6) is 1.04. The highest BCUT2D eigenvalue weighted by molar-refractivity contribution is 8.23. The van der Waals surface area contributed by atoms with E-state index >= 15 is 0 Å². The van der Waals surface area contributed by atoms with Crippen LogP contribution in [0.5, 0.6) is 5.75 Å². The first kappa shape index (κ1) is 15.0. The zero-order chi connectivity index (χ0) is 14.5. The standard InChI is InChI=1S/C12H13N3O2S3/c1-2-17-9-5-3-8(4-6-9)13-11(18)14-15-10(16)7-20-12(15)19/h3-6H,2,7H2,1H3,(H2,13,14,18). The normalized spacial score (nSPS) is 14.3. The Bertz CT molecular complexity index is 517. The molecule has 1 saturated heterocycles. The zero-order valence-corrected chi connectivity index (χ0v) is 13.2. The van der Waals surface area contributed by atoms with E-state index in [4.69, 9.17) is 29.2 Å². The second kappa shape index (κ2) is 6.87. The molecule has 0 radical (unpaired) electrons. The number of nitrogens with zero attached hydrogens (tertiary/aromatic N) is 1. The molecule has 1 aromatic carbocycles. The number of rotatable bonds is 4. The van der Waals surface area contributed by atoms with E-state index in [-0.39, 0.29) is 5.91 Å². The molecule has 106 valence electrons. The monoisotopic (exact) mass is 327 g/mol. The van der Waals surface area contributed by atoms with Crippen molar-refractivity contribution in [1.29, 1.82) is 0 Å². The molecule has 1 aromatic rings. The van der Waals surface area contributed by atoms with Gasteiger partial charge in [-0.15, -0.1) is 0 Å². The van der Waals surface area contributed by atoms with Gasteiger partial charge in [-0.05, 0) is 43.4 Å². The summed E-state index contributed by atoms with van der Waals surface area (Å²) < 4.78 is 5.83. The van der Waals surface area contributed by atoms with Gasteiger partial charge in [0.25, 0.3) is 5.91 Å². The molecule has 20 heavy (non-hydrogen) atoms. The number of amides is 1. The van der Waals surface area contributed by atoms with Crippen molar-refractivity contribution in [2.45, 2.75) is 6.92 Å². The molecule has 1 fully saturated rings. The average molecular weight is 327 g/mol. The van der Waals surface area contributed by atoms with Gasteiger partial charge >= 0.3 is 0 Å². The van der Waals surface area contributed by atoms with Gasteiger partial charge in [0.05, 0.1) is 12.4 Å². The van der Waals surface area contributed by atoms with Crippen LogP contribution in [0.3, 0.4) is 0 Å². The van der Waals surface area contributed by atoms with Crippen LogP contribution in [0.1, 0.15) is 6.92 Å². The number of anilines is 1. The molecule has 0 saturated carbocycles. The lowest BCUT2D eigenvalue weighted by atomic mass is 10.3. The Morgan fingerprint density at radius 1 is 1.45 bits per heavy atom. The third-order valence-electron chi connectivity index (χ3n) is 2.39. The molecule has 1 aliphatic rings. The Morgan fingerprint density at radius 2 is 2.15 bits per heavy atom. The van der Waals surface area contributed by atoms with Gasteiger partial charge in [0, 0.05) is 5.69 Å². The number of nitrogens with one attached hydrogen (secondary N) is 2. The number of carbonyl (C=O) groups is 1. The largest absolute Gasteiger partial charge is 0.494 e. The summed E-state index contributed by atoms with van der Waals surface area (Å²) in [7, 11) is 0. The molecule has 0 aromatic heterocycles. The van der Waals surface area contributed by atoms with Gasteiger partial charge in [-0.2, -0.15) is 0 Å². The van der Waals surface area contributed by atoms with Crippen LogP contribution in [0.25, 0.3) is 0 Å². The quantitative estimate of drug-likeness (QED) is 0.822. The predicted molar refractivity (Wildman–Crippen MR) is 88.9 cm³/mol. The predicted octanol–water partition coefficient (Wildman–Crippen LogP) is 2.15. The van der Waals surface area contributed by atoms with E-state index in [1.165, 1.54) is 16.8 Å². The summed E-state index contributed by atoms with van der Waals surface area (Å²) in [5.41, 5.74) is 3.58. The van der Waals surface area contributed by atoms with Crippen LogP contribution in [0, 0.1) is 0 Å². The van der Waals surface area contributed by atoms with Crippen molar-refractivity contribution >= 4 is 57.2 Å². The van der Waals surface area contributed by atoms with E-state index in [0.29, 0.717) is 21.8 Å². The van der Waals surface area contributed by atoms with Crippen molar-refractivity contribution in [2.24, 2.45) is 0 Å². The lowest BCUT2D eigenvalue weighted by Crippen LogP contribution is -2.46. The summed E-state index contributed by atoms with van der Waals surface area (Å²) in [6.07, 6.45) is 0. The summed E-state index contributed by atoms with van der Waals surface area (Å²) in [6.45, 7) is 2.55. The Kier molecular flexibility index (Phi) is 5.16. The Morgan fingerprint density at radius 3 is 2.70 bits per heavy atom. The van der Waals surface area contributed by atoms with Gasteiger partial charge in [-0.1, -0.05) is 24.0 Å². The average Bonchev–Trinajstić information content (AvgIpc) is 2.73. The van der Waals surface area contributed by atoms with E-state index in [1.54, 1.807) is 0 Å². The number of thiocarbonyl (C=S) groups is 2. The first-order valence-electron chi connectivity index (χ1n) is 5.90. The second-order valence-corrected chi connectivity index (χ2v) is 5.82. The molecule has 1 heterocycles. The zero-order valence-electron chi connectivity index (χ0n) is 10.7. The minimum absolute atomic E-state index is 0.101. The maximum Gasteiger partial charge on any atom is 0.257 e. The van der Waals surface area contributed by atoms with Crippen molar-refractivity contribution in [3.8, 4) is 5.75 Å². The van der Waals surface area contributed by atoms with Gasteiger partial charge in [-0.25, -0.2) is 5.01 Å². The van der Waals surface area contributed by atoms with Crippen molar-refractivity contribution in [2.75, 3.05) is 17.7 Å². The van der Waals surface area contributed by atoms with Crippen LogP contribution in [0.15, 0.2) is 24.3 Å². The van der Waals surface area contributed by atoms with Gasteiger partial charge in [-0.3, -0.25) is 10.2 Å². The van der Waals surface area contributed by atoms with E-state index < -0.39 is 0 Å². The van der Waals surface area contributed by atoms with E-state index in [0.717, 1.165) is 11.4 Å². The Labute approximate surface area is 132 Å². The van der Waals surface area contributed by atoms with Crippen LogP contribution in [-0.4, -0.2) is 32.7 Å². The van der Waals surface area contributed by atoms with Gasteiger partial charge in [0.2, 0.25) is 0 Å². The summed E-state index contributed by atoms with van der Waals surface area (Å²) in [6, 6.07) is 7.38. The number of ether oxygens (including phenoxy) is 1. The molecule has 0 bridgehead atoms. The first-order valence-corrected chi connectivity index (χ1v) is 7.70. The molecule has 0 aliphatic carbocycles. The van der Waals surface area contributed by atoms with E-state index in [2.05, 4.69) is 10.7 Å². The SMILES string of the molecule is CCOc1ccc(NC(=S)NN2C(=O)CSC2=S)cc1. The van der Waals surface area contributed by atoms with Gasteiger partial charge in [0.15, 0.2) is 9.43 Å². The molecule has 1 amide bonds. The topological polar surface area (TPSA) is 53.6 Å². The first-order chi connectivity index (χ1) is 9.60.